The van der Waals surface area contributed by atoms with Gasteiger partial charge in [0.25, 0.3) is 0 Å². The molecule has 20 heavy (non-hydrogen) atoms. The predicted molar refractivity (Wildman–Crippen MR) is 85.2 cm³/mol. The smallest absolute Gasteiger partial charge is 0.122 e. The molecule has 0 atom stereocenters. The van der Waals surface area contributed by atoms with Gasteiger partial charge in [0, 0.05) is 12.0 Å². The van der Waals surface area contributed by atoms with E-state index in [-0.39, 0.29) is 0 Å². The van der Waals surface area contributed by atoms with Crippen LogP contribution in [0.15, 0.2) is 10.7 Å². The molecule has 5 heteroatoms. The van der Waals surface area contributed by atoms with Gasteiger partial charge < -0.3 is 15.5 Å². The van der Waals surface area contributed by atoms with Gasteiger partial charge in [0.05, 0.1) is 7.11 Å². The third-order valence-electron chi connectivity index (χ3n) is 3.60. The highest BCUT2D eigenvalue weighted by Gasteiger charge is 2.17. The molecule has 0 aliphatic carbocycles. The molecule has 2 aromatic rings. The summed E-state index contributed by atoms with van der Waals surface area (Å²) < 4.78 is 6.31. The molecule has 0 spiro atoms. The van der Waals surface area contributed by atoms with Crippen LogP contribution in [0.5, 0.6) is 5.75 Å². The van der Waals surface area contributed by atoms with E-state index in [2.05, 4.69) is 52.7 Å². The van der Waals surface area contributed by atoms with Crippen molar-refractivity contribution in [1.82, 2.24) is 9.97 Å². The van der Waals surface area contributed by atoms with Crippen LogP contribution >= 0.6 is 15.9 Å². The SMILES string of the molecule is COc1cc(C)c(-c2nc(CCN)[nH]c2Br)c(C)c1C. The molecule has 0 unspecified atom stereocenters. The molecule has 0 aliphatic rings. The molecule has 3 N–H and O–H groups in total. The summed E-state index contributed by atoms with van der Waals surface area (Å²) in [6.45, 7) is 6.83. The Bertz CT molecular complexity index is 635. The van der Waals surface area contributed by atoms with Crippen molar-refractivity contribution in [3.63, 3.8) is 0 Å². The van der Waals surface area contributed by atoms with Crippen molar-refractivity contribution in [2.24, 2.45) is 5.73 Å². The van der Waals surface area contributed by atoms with Crippen LogP contribution in [0.4, 0.5) is 0 Å². The van der Waals surface area contributed by atoms with E-state index in [9.17, 15) is 0 Å². The van der Waals surface area contributed by atoms with Gasteiger partial charge in [0.2, 0.25) is 0 Å². The van der Waals surface area contributed by atoms with Gasteiger partial charge in [-0.25, -0.2) is 4.98 Å². The average molecular weight is 338 g/mol. The maximum absolute atomic E-state index is 5.59. The number of benzene rings is 1. The standard InChI is InChI=1S/C15H20BrN3O/c1-8-7-11(20-4)9(2)10(3)13(8)14-15(16)19-12(18-14)5-6-17/h7H,5-6,17H2,1-4H3,(H,18,19). The lowest BCUT2D eigenvalue weighted by molar-refractivity contribution is 0.411. The van der Waals surface area contributed by atoms with E-state index in [1.807, 2.05) is 0 Å². The molecule has 0 amide bonds. The highest BCUT2D eigenvalue weighted by molar-refractivity contribution is 9.10. The fourth-order valence-corrected chi connectivity index (χ4v) is 2.96. The quantitative estimate of drug-likeness (QED) is 0.899. The van der Waals surface area contributed by atoms with Crippen LogP contribution in [0.2, 0.25) is 0 Å². The number of rotatable bonds is 4. The number of aromatic amines is 1. The van der Waals surface area contributed by atoms with Gasteiger partial charge in [-0.2, -0.15) is 0 Å². The van der Waals surface area contributed by atoms with Crippen LogP contribution in [0, 0.1) is 20.8 Å². The van der Waals surface area contributed by atoms with Crippen LogP contribution < -0.4 is 10.5 Å². The minimum absolute atomic E-state index is 0.582. The third kappa shape index (κ3) is 2.60. The molecule has 0 saturated heterocycles. The number of imidazole rings is 1. The molecule has 2 rings (SSSR count). The number of hydrogen-bond acceptors (Lipinski definition) is 3. The summed E-state index contributed by atoms with van der Waals surface area (Å²) in [5.74, 6) is 1.82. The van der Waals surface area contributed by atoms with Gasteiger partial charge in [-0.1, -0.05) is 0 Å². The predicted octanol–water partition coefficient (Wildman–Crippen LogP) is 3.27. The van der Waals surface area contributed by atoms with E-state index in [0.717, 1.165) is 45.0 Å². The number of ether oxygens (including phenoxy) is 1. The van der Waals surface area contributed by atoms with Gasteiger partial charge in [0.15, 0.2) is 0 Å². The lowest BCUT2D eigenvalue weighted by Crippen LogP contribution is -2.04. The number of nitrogens with zero attached hydrogens (tertiary/aromatic N) is 1. The van der Waals surface area contributed by atoms with E-state index in [4.69, 9.17) is 10.5 Å². The van der Waals surface area contributed by atoms with Crippen molar-refractivity contribution in [2.75, 3.05) is 13.7 Å². The van der Waals surface area contributed by atoms with Gasteiger partial charge in [-0.3, -0.25) is 0 Å². The number of aromatic nitrogens is 2. The summed E-state index contributed by atoms with van der Waals surface area (Å²) in [7, 11) is 1.70. The van der Waals surface area contributed by atoms with Crippen LogP contribution in [0.3, 0.4) is 0 Å². The van der Waals surface area contributed by atoms with E-state index in [0.29, 0.717) is 6.54 Å². The van der Waals surface area contributed by atoms with E-state index in [1.165, 1.54) is 5.56 Å². The van der Waals surface area contributed by atoms with Gasteiger partial charge in [-0.15, -0.1) is 0 Å². The first-order valence-corrected chi connectivity index (χ1v) is 7.38. The zero-order valence-electron chi connectivity index (χ0n) is 12.3. The summed E-state index contributed by atoms with van der Waals surface area (Å²) in [4.78, 5) is 7.91. The topological polar surface area (TPSA) is 63.9 Å². The summed E-state index contributed by atoms with van der Waals surface area (Å²) in [6, 6.07) is 2.06. The Kier molecular flexibility index (Phi) is 4.50. The van der Waals surface area contributed by atoms with Crippen molar-refractivity contribution < 1.29 is 4.74 Å². The molecule has 0 aliphatic heterocycles. The molecular formula is C15H20BrN3O. The Labute approximate surface area is 127 Å². The van der Waals surface area contributed by atoms with Crippen molar-refractivity contribution in [3.05, 3.63) is 33.2 Å². The first-order valence-electron chi connectivity index (χ1n) is 6.59. The molecule has 1 aromatic carbocycles. The summed E-state index contributed by atoms with van der Waals surface area (Å²) in [6.07, 6.45) is 0.742. The average Bonchev–Trinajstić information content (AvgIpc) is 2.75. The maximum atomic E-state index is 5.59. The Morgan fingerprint density at radius 1 is 1.30 bits per heavy atom. The number of halogens is 1. The number of aryl methyl sites for hydroxylation is 1. The number of H-pyrrole nitrogens is 1. The normalized spacial score (nSPS) is 10.9. The lowest BCUT2D eigenvalue weighted by Gasteiger charge is -2.15. The number of nitrogens with one attached hydrogen (secondary N) is 1. The van der Waals surface area contributed by atoms with Crippen molar-refractivity contribution in [1.29, 1.82) is 0 Å². The van der Waals surface area contributed by atoms with Crippen molar-refractivity contribution >= 4 is 15.9 Å². The molecule has 0 radical (unpaired) electrons. The van der Waals surface area contributed by atoms with Gasteiger partial charge in [-0.05, 0) is 66.0 Å². The maximum Gasteiger partial charge on any atom is 0.122 e. The second-order valence-corrected chi connectivity index (χ2v) is 5.70. The molecule has 0 saturated carbocycles. The fourth-order valence-electron chi connectivity index (χ4n) is 2.44. The van der Waals surface area contributed by atoms with E-state index < -0.39 is 0 Å². The molecule has 4 nitrogen and oxygen atoms in total. The van der Waals surface area contributed by atoms with E-state index >= 15 is 0 Å². The van der Waals surface area contributed by atoms with Crippen molar-refractivity contribution in [3.8, 4) is 17.0 Å². The summed E-state index contributed by atoms with van der Waals surface area (Å²) in [5.41, 5.74) is 11.2. The molecular weight excluding hydrogens is 318 g/mol. The van der Waals surface area contributed by atoms with Crippen LogP contribution in [0.1, 0.15) is 22.5 Å². The van der Waals surface area contributed by atoms with Crippen LogP contribution in [0.25, 0.3) is 11.3 Å². The Morgan fingerprint density at radius 2 is 2.00 bits per heavy atom. The third-order valence-corrected chi connectivity index (χ3v) is 4.17. The largest absolute Gasteiger partial charge is 0.496 e. The van der Waals surface area contributed by atoms with Gasteiger partial charge in [0.1, 0.15) is 21.9 Å². The molecule has 0 bridgehead atoms. The molecule has 1 aromatic heterocycles. The number of methoxy groups -OCH3 is 1. The second-order valence-electron chi connectivity index (χ2n) is 4.91. The number of hydrogen-bond donors (Lipinski definition) is 2. The van der Waals surface area contributed by atoms with Crippen LogP contribution in [-0.2, 0) is 6.42 Å². The summed E-state index contributed by atoms with van der Waals surface area (Å²) >= 11 is 3.56. The zero-order chi connectivity index (χ0) is 14.9. The molecule has 1 heterocycles. The minimum atomic E-state index is 0.582. The Hall–Kier alpha value is -1.33. The molecule has 108 valence electrons. The zero-order valence-corrected chi connectivity index (χ0v) is 13.9. The highest BCUT2D eigenvalue weighted by Crippen LogP contribution is 2.36. The first-order chi connectivity index (χ1) is 9.49. The molecule has 0 fully saturated rings. The Morgan fingerprint density at radius 3 is 2.60 bits per heavy atom. The first kappa shape index (κ1) is 15.1. The van der Waals surface area contributed by atoms with Gasteiger partial charge >= 0.3 is 0 Å². The monoisotopic (exact) mass is 337 g/mol. The Balaban J connectivity index is 2.61. The van der Waals surface area contributed by atoms with E-state index in [1.54, 1.807) is 7.11 Å². The lowest BCUT2D eigenvalue weighted by atomic mass is 9.95. The summed E-state index contributed by atoms with van der Waals surface area (Å²) in [5, 5.41) is 0. The highest BCUT2D eigenvalue weighted by atomic mass is 79.9. The fraction of sp³-hybridized carbons (Fsp3) is 0.400. The van der Waals surface area contributed by atoms with Crippen LogP contribution in [-0.4, -0.2) is 23.6 Å². The van der Waals surface area contributed by atoms with Crippen molar-refractivity contribution in [2.45, 2.75) is 27.2 Å². The minimum Gasteiger partial charge on any atom is -0.496 e. The second kappa shape index (κ2) is 5.97. The number of nitrogens with two attached hydrogens (primary N) is 1.